The van der Waals surface area contributed by atoms with Crippen LogP contribution in [-0.2, 0) is 6.18 Å². The van der Waals surface area contributed by atoms with E-state index in [4.69, 9.17) is 0 Å². The minimum Gasteiger partial charge on any atom is -0.271 e. The van der Waals surface area contributed by atoms with Crippen LogP contribution in [0.5, 0.6) is 0 Å². The summed E-state index contributed by atoms with van der Waals surface area (Å²) < 4.78 is 39.1. The van der Waals surface area contributed by atoms with E-state index in [1.54, 1.807) is 13.0 Å². The van der Waals surface area contributed by atoms with Crippen LogP contribution in [0.1, 0.15) is 18.4 Å². The second kappa shape index (κ2) is 3.62. The van der Waals surface area contributed by atoms with Crippen LogP contribution in [-0.4, -0.2) is 14.6 Å². The highest BCUT2D eigenvalue weighted by Gasteiger charge is 2.34. The fourth-order valence-corrected chi connectivity index (χ4v) is 1.44. The van der Waals surface area contributed by atoms with Gasteiger partial charge >= 0.3 is 6.18 Å². The number of hydrogen-bond donors (Lipinski definition) is 0. The molecule has 3 nitrogen and oxygen atoms in total. The van der Waals surface area contributed by atoms with Crippen LogP contribution < -0.4 is 0 Å². The average Bonchev–Trinajstić information content (AvgIpc) is 2.61. The topological polar surface area (TPSA) is 30.2 Å². The van der Waals surface area contributed by atoms with Crippen molar-refractivity contribution in [3.63, 3.8) is 0 Å². The Morgan fingerprint density at radius 1 is 1.25 bits per heavy atom. The van der Waals surface area contributed by atoms with E-state index in [1.807, 2.05) is 0 Å². The maximum atomic E-state index is 12.7. The molecule has 0 atom stereocenters. The maximum Gasteiger partial charge on any atom is 0.431 e. The van der Waals surface area contributed by atoms with Gasteiger partial charge in [-0.25, -0.2) is 0 Å². The lowest BCUT2D eigenvalue weighted by Crippen LogP contribution is -2.12. The molecule has 0 N–H and O–H groups in total. The minimum absolute atomic E-state index is 0.172. The monoisotopic (exact) mass is 227 g/mol. The fraction of sp³-hybridized carbons (Fsp3) is 0.200. The van der Waals surface area contributed by atoms with Crippen molar-refractivity contribution in [2.45, 2.75) is 13.1 Å². The highest BCUT2D eigenvalue weighted by molar-refractivity contribution is 5.49. The first kappa shape index (κ1) is 10.7. The van der Waals surface area contributed by atoms with Gasteiger partial charge in [0.05, 0.1) is 0 Å². The summed E-state index contributed by atoms with van der Waals surface area (Å²) in [5.41, 5.74) is -0.592. The predicted octanol–water partition coefficient (Wildman–Crippen LogP) is 2.78. The molecule has 0 fully saturated rings. The number of fused-ring (bicyclic) bond motifs is 1. The van der Waals surface area contributed by atoms with E-state index < -0.39 is 11.9 Å². The Hall–Kier alpha value is -1.85. The lowest BCUT2D eigenvalue weighted by Gasteiger charge is -2.09. The number of rotatable bonds is 1. The normalized spacial score (nSPS) is 12.8. The van der Waals surface area contributed by atoms with Gasteiger partial charge in [-0.1, -0.05) is 12.1 Å². The van der Waals surface area contributed by atoms with E-state index in [9.17, 15) is 13.2 Å². The standard InChI is InChI=1S/C10H8F3N3/c1-2-4-8-14-15-9-6-3-5-7(16(8)9)10(11,12)13/h2-6H,1H3. The van der Waals surface area contributed by atoms with Gasteiger partial charge in [0.2, 0.25) is 0 Å². The van der Waals surface area contributed by atoms with Crippen molar-refractivity contribution >= 4 is 11.7 Å². The van der Waals surface area contributed by atoms with Gasteiger partial charge < -0.3 is 0 Å². The minimum atomic E-state index is -4.42. The molecule has 0 bridgehead atoms. The zero-order valence-corrected chi connectivity index (χ0v) is 8.36. The van der Waals surface area contributed by atoms with Gasteiger partial charge in [0.25, 0.3) is 0 Å². The van der Waals surface area contributed by atoms with Crippen molar-refractivity contribution in [2.24, 2.45) is 0 Å². The van der Waals surface area contributed by atoms with Crippen molar-refractivity contribution in [3.8, 4) is 0 Å². The molecule has 0 spiro atoms. The molecule has 0 unspecified atom stereocenters. The summed E-state index contributed by atoms with van der Waals surface area (Å²) in [4.78, 5) is 0. The van der Waals surface area contributed by atoms with Crippen LogP contribution in [0, 0.1) is 0 Å². The zero-order chi connectivity index (χ0) is 11.8. The number of alkyl halides is 3. The van der Waals surface area contributed by atoms with Gasteiger partial charge in [0.1, 0.15) is 5.69 Å². The molecular formula is C10H8F3N3. The van der Waals surface area contributed by atoms with Gasteiger partial charge in [-0.3, -0.25) is 4.40 Å². The zero-order valence-electron chi connectivity index (χ0n) is 8.36. The van der Waals surface area contributed by atoms with E-state index in [2.05, 4.69) is 10.2 Å². The van der Waals surface area contributed by atoms with E-state index in [0.717, 1.165) is 10.5 Å². The lowest BCUT2D eigenvalue weighted by molar-refractivity contribution is -0.142. The molecule has 0 aliphatic carbocycles. The smallest absolute Gasteiger partial charge is 0.271 e. The molecule has 16 heavy (non-hydrogen) atoms. The molecule has 0 amide bonds. The molecule has 84 valence electrons. The third-order valence-corrected chi connectivity index (χ3v) is 2.06. The van der Waals surface area contributed by atoms with Crippen molar-refractivity contribution in [1.82, 2.24) is 14.6 Å². The lowest BCUT2D eigenvalue weighted by atomic mass is 10.3. The van der Waals surface area contributed by atoms with Gasteiger partial charge in [-0.15, -0.1) is 10.2 Å². The molecule has 2 aromatic rings. The van der Waals surface area contributed by atoms with E-state index >= 15 is 0 Å². The van der Waals surface area contributed by atoms with Crippen molar-refractivity contribution in [3.05, 3.63) is 35.8 Å². The highest BCUT2D eigenvalue weighted by Crippen LogP contribution is 2.30. The van der Waals surface area contributed by atoms with Crippen molar-refractivity contribution in [1.29, 1.82) is 0 Å². The predicted molar refractivity (Wildman–Crippen MR) is 52.7 cm³/mol. The molecule has 2 heterocycles. The summed E-state index contributed by atoms with van der Waals surface area (Å²) in [5, 5.41) is 7.36. The van der Waals surface area contributed by atoms with E-state index in [1.165, 1.54) is 18.2 Å². The van der Waals surface area contributed by atoms with E-state index in [0.29, 0.717) is 0 Å². The van der Waals surface area contributed by atoms with Gasteiger partial charge in [-0.05, 0) is 25.1 Å². The van der Waals surface area contributed by atoms with Crippen molar-refractivity contribution in [2.75, 3.05) is 0 Å². The van der Waals surface area contributed by atoms with Crippen LogP contribution in [0.25, 0.3) is 11.7 Å². The average molecular weight is 227 g/mol. The van der Waals surface area contributed by atoms with Crippen molar-refractivity contribution < 1.29 is 13.2 Å². The number of pyridine rings is 1. The first-order valence-electron chi connectivity index (χ1n) is 4.58. The van der Waals surface area contributed by atoms with E-state index in [-0.39, 0.29) is 11.5 Å². The number of hydrogen-bond acceptors (Lipinski definition) is 2. The first-order valence-corrected chi connectivity index (χ1v) is 4.58. The Kier molecular flexibility index (Phi) is 2.41. The molecule has 0 saturated carbocycles. The van der Waals surface area contributed by atoms with Crippen LogP contribution in [0.2, 0.25) is 0 Å². The van der Waals surface area contributed by atoms with Crippen LogP contribution >= 0.6 is 0 Å². The third-order valence-electron chi connectivity index (χ3n) is 2.06. The molecule has 0 aromatic carbocycles. The molecule has 0 aliphatic heterocycles. The Morgan fingerprint density at radius 3 is 2.62 bits per heavy atom. The summed E-state index contributed by atoms with van der Waals surface area (Å²) in [5.74, 6) is 0.172. The Balaban J connectivity index is 2.78. The number of allylic oxidation sites excluding steroid dienone is 1. The number of aromatic nitrogens is 3. The summed E-state index contributed by atoms with van der Waals surface area (Å²) >= 11 is 0. The summed E-state index contributed by atoms with van der Waals surface area (Å²) in [6.45, 7) is 1.71. The number of nitrogens with zero attached hydrogens (tertiary/aromatic N) is 3. The molecule has 2 aromatic heterocycles. The summed E-state index contributed by atoms with van der Waals surface area (Å²) in [6, 6.07) is 3.80. The summed E-state index contributed by atoms with van der Waals surface area (Å²) in [6.07, 6.45) is -1.32. The second-order valence-corrected chi connectivity index (χ2v) is 3.16. The number of halogens is 3. The van der Waals surface area contributed by atoms with Crippen LogP contribution in [0.3, 0.4) is 0 Å². The highest BCUT2D eigenvalue weighted by atomic mass is 19.4. The third kappa shape index (κ3) is 1.66. The Labute approximate surface area is 89.2 Å². The SMILES string of the molecule is CC=Cc1nnc2cccc(C(F)(F)F)n12. The molecule has 0 radical (unpaired) electrons. The molecule has 0 aliphatic rings. The van der Waals surface area contributed by atoms with Crippen LogP contribution in [0.15, 0.2) is 24.3 Å². The molecule has 0 saturated heterocycles. The van der Waals surface area contributed by atoms with Crippen LogP contribution in [0.4, 0.5) is 13.2 Å². The molecular weight excluding hydrogens is 219 g/mol. The van der Waals surface area contributed by atoms with Gasteiger partial charge in [0.15, 0.2) is 11.5 Å². The summed E-state index contributed by atoms with van der Waals surface area (Å²) in [7, 11) is 0. The Morgan fingerprint density at radius 2 is 2.00 bits per heavy atom. The fourth-order valence-electron chi connectivity index (χ4n) is 1.44. The quantitative estimate of drug-likeness (QED) is 0.749. The largest absolute Gasteiger partial charge is 0.431 e. The van der Waals surface area contributed by atoms with Gasteiger partial charge in [0, 0.05) is 0 Å². The maximum absolute atomic E-state index is 12.7. The van der Waals surface area contributed by atoms with Gasteiger partial charge in [-0.2, -0.15) is 13.2 Å². The first-order chi connectivity index (χ1) is 7.54. The molecule has 6 heteroatoms. The second-order valence-electron chi connectivity index (χ2n) is 3.16. The Bertz CT molecular complexity index is 540. The molecule has 2 rings (SSSR count).